The maximum absolute atomic E-state index is 12.7. The van der Waals surface area contributed by atoms with Crippen molar-refractivity contribution in [2.75, 3.05) is 13.7 Å². The van der Waals surface area contributed by atoms with E-state index in [1.807, 2.05) is 19.1 Å². The highest BCUT2D eigenvalue weighted by atomic mass is 32.2. The number of hydrogen-bond acceptors (Lipinski definition) is 6. The molecule has 0 N–H and O–H groups in total. The summed E-state index contributed by atoms with van der Waals surface area (Å²) >= 11 is 0. The van der Waals surface area contributed by atoms with Crippen molar-refractivity contribution >= 4 is 28.8 Å². The van der Waals surface area contributed by atoms with Gasteiger partial charge in [0.15, 0.2) is 6.29 Å². The summed E-state index contributed by atoms with van der Waals surface area (Å²) in [6.45, 7) is 8.52. The van der Waals surface area contributed by atoms with E-state index in [0.717, 1.165) is 5.56 Å². The quantitative estimate of drug-likeness (QED) is 0.280. The second-order valence-electron chi connectivity index (χ2n) is 10.8. The molecule has 0 radical (unpaired) electrons. The van der Waals surface area contributed by atoms with Crippen LogP contribution < -0.4 is 10.4 Å². The van der Waals surface area contributed by atoms with Crippen LogP contribution in [0.1, 0.15) is 39.2 Å². The average Bonchev–Trinajstić information content (AvgIpc) is 2.91. The van der Waals surface area contributed by atoms with Crippen molar-refractivity contribution in [2.24, 2.45) is 0 Å². The largest absolute Gasteiger partial charge is 0.399 e. The van der Waals surface area contributed by atoms with Crippen molar-refractivity contribution in [3.8, 4) is 0 Å². The van der Waals surface area contributed by atoms with Crippen LogP contribution in [-0.4, -0.2) is 48.9 Å². The standard InChI is InChI=1S/C30H38O6SSi/c1-23-16-19-25(20-17-23)37(31,32)34-22-24-18-21-28(29(33-5)35-24)36-38(30(2,3)4,26-12-8-6-9-13-26)27-14-10-7-11-15-27/h6-17,19-20,24,28-29H,18,21-22H2,1-5H3/t24-,28+,29+/m0/s1. The molecule has 3 aromatic carbocycles. The van der Waals surface area contributed by atoms with E-state index < -0.39 is 30.8 Å². The topological polar surface area (TPSA) is 71.1 Å². The summed E-state index contributed by atoms with van der Waals surface area (Å²) in [7, 11) is -5.08. The third kappa shape index (κ3) is 6.11. The van der Waals surface area contributed by atoms with Gasteiger partial charge in [-0.05, 0) is 47.3 Å². The van der Waals surface area contributed by atoms with Gasteiger partial charge in [0, 0.05) is 7.11 Å². The molecule has 1 heterocycles. The van der Waals surface area contributed by atoms with Gasteiger partial charge in [0.25, 0.3) is 18.4 Å². The number of aryl methyl sites for hydroxylation is 1. The normalized spacial score (nSPS) is 20.8. The molecule has 8 heteroatoms. The SMILES string of the molecule is CO[C@@H]1O[C@H](COS(=O)(=O)c2ccc(C)cc2)CC[C@H]1O[Si](c1ccccc1)(c1ccccc1)C(C)(C)C. The minimum atomic E-state index is -3.88. The molecule has 0 bridgehead atoms. The highest BCUT2D eigenvalue weighted by Crippen LogP contribution is 2.39. The van der Waals surface area contributed by atoms with Crippen molar-refractivity contribution < 1.29 is 26.5 Å². The first-order valence-corrected chi connectivity index (χ1v) is 16.3. The predicted octanol–water partition coefficient (Wildman–Crippen LogP) is 4.80. The molecule has 1 aliphatic rings. The Balaban J connectivity index is 1.55. The molecule has 0 spiro atoms. The number of hydrogen-bond donors (Lipinski definition) is 0. The summed E-state index contributed by atoms with van der Waals surface area (Å²) in [5.74, 6) is 0. The van der Waals surface area contributed by atoms with Gasteiger partial charge in [-0.25, -0.2) is 0 Å². The molecular formula is C30H38O6SSi. The van der Waals surface area contributed by atoms with Crippen molar-refractivity contribution in [1.29, 1.82) is 0 Å². The summed E-state index contributed by atoms with van der Waals surface area (Å²) in [5, 5.41) is 2.18. The Morgan fingerprint density at radius 2 is 1.42 bits per heavy atom. The van der Waals surface area contributed by atoms with E-state index in [-0.39, 0.29) is 22.6 Å². The molecular weight excluding hydrogens is 516 g/mol. The van der Waals surface area contributed by atoms with Gasteiger partial charge >= 0.3 is 0 Å². The molecule has 0 unspecified atom stereocenters. The van der Waals surface area contributed by atoms with Crippen LogP contribution in [0, 0.1) is 6.92 Å². The monoisotopic (exact) mass is 554 g/mol. The van der Waals surface area contributed by atoms with E-state index in [2.05, 4.69) is 69.3 Å². The maximum atomic E-state index is 12.7. The van der Waals surface area contributed by atoms with Gasteiger partial charge in [0.1, 0.15) is 0 Å². The first-order chi connectivity index (χ1) is 18.1. The Morgan fingerprint density at radius 1 is 0.868 bits per heavy atom. The minimum absolute atomic E-state index is 0.0813. The number of rotatable bonds is 9. The summed E-state index contributed by atoms with van der Waals surface area (Å²) < 4.78 is 49.9. The Kier molecular flexibility index (Phi) is 8.91. The van der Waals surface area contributed by atoms with Crippen molar-refractivity contribution in [3.63, 3.8) is 0 Å². The van der Waals surface area contributed by atoms with Gasteiger partial charge in [-0.1, -0.05) is 99.1 Å². The molecule has 0 amide bonds. The van der Waals surface area contributed by atoms with Gasteiger partial charge in [-0.2, -0.15) is 8.42 Å². The number of ether oxygens (including phenoxy) is 2. The van der Waals surface area contributed by atoms with Crippen LogP contribution in [0.5, 0.6) is 0 Å². The summed E-state index contributed by atoms with van der Waals surface area (Å²) in [4.78, 5) is 0.134. The van der Waals surface area contributed by atoms with Gasteiger partial charge in [-0.3, -0.25) is 4.18 Å². The van der Waals surface area contributed by atoms with Crippen LogP contribution in [0.2, 0.25) is 5.04 Å². The zero-order valence-electron chi connectivity index (χ0n) is 22.8. The predicted molar refractivity (Wildman–Crippen MR) is 152 cm³/mol. The maximum Gasteiger partial charge on any atom is 0.297 e. The zero-order chi connectivity index (χ0) is 27.4. The Labute approximate surface area is 228 Å². The fraction of sp³-hybridized carbons (Fsp3) is 0.400. The fourth-order valence-corrected chi connectivity index (χ4v) is 10.8. The lowest BCUT2D eigenvalue weighted by molar-refractivity contribution is -0.228. The van der Waals surface area contributed by atoms with E-state index in [1.54, 1.807) is 31.4 Å². The molecule has 204 valence electrons. The number of methoxy groups -OCH3 is 1. The minimum Gasteiger partial charge on any atom is -0.399 e. The van der Waals surface area contributed by atoms with E-state index in [4.69, 9.17) is 18.1 Å². The molecule has 0 saturated carbocycles. The third-order valence-corrected chi connectivity index (χ3v) is 13.5. The molecule has 38 heavy (non-hydrogen) atoms. The second-order valence-corrected chi connectivity index (χ2v) is 16.7. The zero-order valence-corrected chi connectivity index (χ0v) is 24.6. The molecule has 0 aromatic heterocycles. The van der Waals surface area contributed by atoms with Crippen molar-refractivity contribution in [1.82, 2.24) is 0 Å². The first kappa shape index (κ1) is 28.7. The van der Waals surface area contributed by atoms with Crippen molar-refractivity contribution in [3.05, 3.63) is 90.5 Å². The molecule has 3 aromatic rings. The highest BCUT2D eigenvalue weighted by Gasteiger charge is 2.53. The average molecular weight is 555 g/mol. The first-order valence-electron chi connectivity index (χ1n) is 13.0. The van der Waals surface area contributed by atoms with E-state index >= 15 is 0 Å². The van der Waals surface area contributed by atoms with Gasteiger partial charge in [0.2, 0.25) is 0 Å². The smallest absolute Gasteiger partial charge is 0.297 e. The Hall–Kier alpha value is -2.33. The summed E-state index contributed by atoms with van der Waals surface area (Å²) in [6, 6.07) is 27.5. The lowest BCUT2D eigenvalue weighted by atomic mass is 10.1. The van der Waals surface area contributed by atoms with E-state index in [0.29, 0.717) is 12.8 Å². The molecule has 0 aliphatic carbocycles. The van der Waals surface area contributed by atoms with E-state index in [1.165, 1.54) is 10.4 Å². The fourth-order valence-electron chi connectivity index (χ4n) is 5.13. The highest BCUT2D eigenvalue weighted by molar-refractivity contribution is 7.86. The van der Waals surface area contributed by atoms with Crippen LogP contribution in [0.3, 0.4) is 0 Å². The van der Waals surface area contributed by atoms with Crippen LogP contribution >= 0.6 is 0 Å². The third-order valence-electron chi connectivity index (χ3n) is 7.10. The van der Waals surface area contributed by atoms with Crippen LogP contribution in [-0.2, 0) is 28.2 Å². The van der Waals surface area contributed by atoms with E-state index in [9.17, 15) is 8.42 Å². The molecule has 4 rings (SSSR count). The molecule has 6 nitrogen and oxygen atoms in total. The van der Waals surface area contributed by atoms with Crippen LogP contribution in [0.25, 0.3) is 0 Å². The molecule has 1 fully saturated rings. The Bertz CT molecular complexity index is 1230. The van der Waals surface area contributed by atoms with Gasteiger partial charge in [-0.15, -0.1) is 0 Å². The molecule has 1 saturated heterocycles. The number of benzene rings is 3. The van der Waals surface area contributed by atoms with Crippen LogP contribution in [0.15, 0.2) is 89.8 Å². The van der Waals surface area contributed by atoms with Crippen molar-refractivity contribution in [2.45, 2.75) is 69.0 Å². The van der Waals surface area contributed by atoms with Gasteiger partial charge in [0.05, 0.1) is 23.7 Å². The Morgan fingerprint density at radius 3 is 1.92 bits per heavy atom. The van der Waals surface area contributed by atoms with Crippen LogP contribution in [0.4, 0.5) is 0 Å². The summed E-state index contributed by atoms with van der Waals surface area (Å²) in [6.07, 6.45) is -0.162. The lowest BCUT2D eigenvalue weighted by Crippen LogP contribution is -2.69. The van der Waals surface area contributed by atoms with Gasteiger partial charge < -0.3 is 13.9 Å². The molecule has 3 atom stereocenters. The molecule has 1 aliphatic heterocycles. The lowest BCUT2D eigenvalue weighted by Gasteiger charge is -2.47. The summed E-state index contributed by atoms with van der Waals surface area (Å²) in [5.41, 5.74) is 0.981. The second kappa shape index (κ2) is 11.8.